The van der Waals surface area contributed by atoms with E-state index in [1.165, 1.54) is 16.9 Å². The number of benzene rings is 1. The molecular formula is C15H16Cl2N2O3. The van der Waals surface area contributed by atoms with Crippen molar-refractivity contribution < 1.29 is 14.3 Å². The maximum Gasteiger partial charge on any atom is 0.337 e. The minimum Gasteiger partial charge on any atom is -0.466 e. The average molecular weight is 343 g/mol. The number of halogens is 2. The number of amides is 2. The number of hydrogen-bond acceptors (Lipinski definition) is 3. The van der Waals surface area contributed by atoms with Gasteiger partial charge in [0.05, 0.1) is 28.8 Å². The fourth-order valence-corrected chi connectivity index (χ4v) is 2.94. The number of rotatable bonds is 2. The summed E-state index contributed by atoms with van der Waals surface area (Å²) in [6, 6.07) is 4.22. The first-order valence-electron chi connectivity index (χ1n) is 6.54. The smallest absolute Gasteiger partial charge is 0.337 e. The van der Waals surface area contributed by atoms with Gasteiger partial charge in [0.25, 0.3) is 0 Å². The van der Waals surface area contributed by atoms with E-state index in [2.05, 4.69) is 0 Å². The standard InChI is InChI=1S/C15H16Cl2N2O3/c1-8-11(14(20)22-4)13(19(3)15(21)18(8)2)9-6-5-7-10(16)12(9)17/h5-7,13H,1-4H3/t13-/m0/s1. The van der Waals surface area contributed by atoms with Gasteiger partial charge in [0.2, 0.25) is 0 Å². The van der Waals surface area contributed by atoms with E-state index in [9.17, 15) is 9.59 Å². The number of likely N-dealkylation sites (N-methyl/N-ethyl adjacent to an activating group) is 1. The highest BCUT2D eigenvalue weighted by Gasteiger charge is 2.40. The van der Waals surface area contributed by atoms with Crippen molar-refractivity contribution >= 4 is 35.2 Å². The number of methoxy groups -OCH3 is 1. The summed E-state index contributed by atoms with van der Waals surface area (Å²) in [5.74, 6) is -0.509. The SMILES string of the molecule is COC(=O)C1=C(C)N(C)C(=O)N(C)[C@H]1c1cccc(Cl)c1Cl. The second-order valence-corrected chi connectivity index (χ2v) is 5.77. The molecule has 1 aromatic rings. The van der Waals surface area contributed by atoms with Crippen LogP contribution in [-0.2, 0) is 9.53 Å². The molecule has 1 aliphatic rings. The van der Waals surface area contributed by atoms with Crippen molar-refractivity contribution in [2.45, 2.75) is 13.0 Å². The normalized spacial score (nSPS) is 18.8. The second-order valence-electron chi connectivity index (χ2n) is 4.99. The molecular weight excluding hydrogens is 327 g/mol. The van der Waals surface area contributed by atoms with E-state index in [4.69, 9.17) is 27.9 Å². The molecule has 22 heavy (non-hydrogen) atoms. The van der Waals surface area contributed by atoms with Gasteiger partial charge in [-0.2, -0.15) is 0 Å². The van der Waals surface area contributed by atoms with Crippen molar-refractivity contribution in [1.29, 1.82) is 0 Å². The van der Waals surface area contributed by atoms with Gasteiger partial charge in [-0.25, -0.2) is 9.59 Å². The van der Waals surface area contributed by atoms with Gasteiger partial charge in [-0.05, 0) is 18.6 Å². The summed E-state index contributed by atoms with van der Waals surface area (Å²) in [6.45, 7) is 1.70. The van der Waals surface area contributed by atoms with Crippen molar-refractivity contribution in [2.24, 2.45) is 0 Å². The van der Waals surface area contributed by atoms with Crippen LogP contribution in [0.4, 0.5) is 4.79 Å². The predicted octanol–water partition coefficient (Wildman–Crippen LogP) is 3.48. The van der Waals surface area contributed by atoms with E-state index < -0.39 is 12.0 Å². The summed E-state index contributed by atoms with van der Waals surface area (Å²) in [5, 5.41) is 0.674. The Balaban J connectivity index is 2.71. The molecule has 0 fully saturated rings. The minimum absolute atomic E-state index is 0.244. The van der Waals surface area contributed by atoms with Crippen LogP contribution in [-0.4, -0.2) is 43.0 Å². The summed E-state index contributed by atoms with van der Waals surface area (Å²) in [4.78, 5) is 27.4. The first-order valence-corrected chi connectivity index (χ1v) is 7.30. The van der Waals surface area contributed by atoms with Crippen LogP contribution in [0.2, 0.25) is 10.0 Å². The molecule has 0 unspecified atom stereocenters. The summed E-state index contributed by atoms with van der Waals surface area (Å²) in [7, 11) is 4.51. The van der Waals surface area contributed by atoms with Crippen LogP contribution in [0.3, 0.4) is 0 Å². The highest BCUT2D eigenvalue weighted by atomic mass is 35.5. The Morgan fingerprint density at radius 3 is 2.50 bits per heavy atom. The molecule has 0 bridgehead atoms. The van der Waals surface area contributed by atoms with Crippen molar-refractivity contribution in [3.05, 3.63) is 45.1 Å². The fourth-order valence-electron chi connectivity index (χ4n) is 2.53. The van der Waals surface area contributed by atoms with E-state index in [0.717, 1.165) is 0 Å². The molecule has 0 saturated heterocycles. The van der Waals surface area contributed by atoms with Crippen molar-refractivity contribution in [3.8, 4) is 0 Å². The van der Waals surface area contributed by atoms with E-state index in [1.807, 2.05) is 0 Å². The molecule has 2 amide bonds. The molecule has 7 heteroatoms. The van der Waals surface area contributed by atoms with Gasteiger partial charge >= 0.3 is 12.0 Å². The highest BCUT2D eigenvalue weighted by Crippen LogP contribution is 2.40. The molecule has 0 saturated carbocycles. The van der Waals surface area contributed by atoms with E-state index in [1.54, 1.807) is 39.2 Å². The zero-order valence-electron chi connectivity index (χ0n) is 12.7. The minimum atomic E-state index is -0.651. The Labute approximate surface area is 139 Å². The number of nitrogens with zero attached hydrogens (tertiary/aromatic N) is 2. The summed E-state index contributed by atoms with van der Waals surface area (Å²) >= 11 is 12.3. The number of urea groups is 1. The number of hydrogen-bond donors (Lipinski definition) is 0. The van der Waals surface area contributed by atoms with Crippen molar-refractivity contribution in [3.63, 3.8) is 0 Å². The molecule has 0 radical (unpaired) electrons. The Bertz CT molecular complexity index is 673. The lowest BCUT2D eigenvalue weighted by Gasteiger charge is -2.39. The second kappa shape index (κ2) is 6.18. The maximum atomic E-state index is 12.4. The van der Waals surface area contributed by atoms with Gasteiger partial charge in [0.1, 0.15) is 0 Å². The molecule has 0 N–H and O–H groups in total. The predicted molar refractivity (Wildman–Crippen MR) is 84.8 cm³/mol. The molecule has 0 spiro atoms. The Kier molecular flexibility index (Phi) is 4.68. The molecule has 0 aliphatic carbocycles. The molecule has 0 aromatic heterocycles. The number of carbonyl (C=O) groups is 2. The number of allylic oxidation sites excluding steroid dienone is 1. The monoisotopic (exact) mass is 342 g/mol. The number of ether oxygens (including phenoxy) is 1. The molecule has 1 heterocycles. The zero-order valence-corrected chi connectivity index (χ0v) is 14.2. The lowest BCUT2D eigenvalue weighted by atomic mass is 9.93. The molecule has 118 valence electrons. The van der Waals surface area contributed by atoms with E-state index in [0.29, 0.717) is 26.9 Å². The zero-order chi connectivity index (χ0) is 16.6. The topological polar surface area (TPSA) is 49.9 Å². The Morgan fingerprint density at radius 2 is 1.91 bits per heavy atom. The van der Waals surface area contributed by atoms with Crippen LogP contribution in [0, 0.1) is 0 Å². The third-order valence-electron chi connectivity index (χ3n) is 3.82. The number of carbonyl (C=O) groups excluding carboxylic acids is 2. The maximum absolute atomic E-state index is 12.4. The van der Waals surface area contributed by atoms with Gasteiger partial charge in [-0.3, -0.25) is 0 Å². The highest BCUT2D eigenvalue weighted by molar-refractivity contribution is 6.42. The van der Waals surface area contributed by atoms with Gasteiger partial charge in [0, 0.05) is 19.8 Å². The van der Waals surface area contributed by atoms with Crippen LogP contribution in [0.25, 0.3) is 0 Å². The molecule has 1 aromatic carbocycles. The molecule has 1 atom stereocenters. The fraction of sp³-hybridized carbons (Fsp3) is 0.333. The van der Waals surface area contributed by atoms with Gasteiger partial charge in [-0.1, -0.05) is 35.3 Å². The van der Waals surface area contributed by atoms with Crippen LogP contribution in [0.15, 0.2) is 29.5 Å². The van der Waals surface area contributed by atoms with Crippen molar-refractivity contribution in [2.75, 3.05) is 21.2 Å². The summed E-state index contributed by atoms with van der Waals surface area (Å²) < 4.78 is 4.88. The third kappa shape index (κ3) is 2.55. The largest absolute Gasteiger partial charge is 0.466 e. The van der Waals surface area contributed by atoms with Crippen LogP contribution in [0.1, 0.15) is 18.5 Å². The molecule has 1 aliphatic heterocycles. The average Bonchev–Trinajstić information content (AvgIpc) is 2.51. The van der Waals surface area contributed by atoms with Crippen molar-refractivity contribution in [1.82, 2.24) is 9.80 Å². The first-order chi connectivity index (χ1) is 10.3. The molecule has 5 nitrogen and oxygen atoms in total. The third-order valence-corrected chi connectivity index (χ3v) is 4.66. The molecule has 2 rings (SSSR count). The van der Waals surface area contributed by atoms with Crippen LogP contribution >= 0.6 is 23.2 Å². The summed E-state index contributed by atoms with van der Waals surface area (Å²) in [5.41, 5.74) is 1.46. The lowest BCUT2D eigenvalue weighted by molar-refractivity contribution is -0.137. The van der Waals surface area contributed by atoms with Crippen LogP contribution < -0.4 is 0 Å². The number of esters is 1. The van der Waals surface area contributed by atoms with Gasteiger partial charge in [0.15, 0.2) is 0 Å². The van der Waals surface area contributed by atoms with Gasteiger partial charge < -0.3 is 14.5 Å². The lowest BCUT2D eigenvalue weighted by Crippen LogP contribution is -2.47. The summed E-state index contributed by atoms with van der Waals surface area (Å²) in [6.07, 6.45) is 0. The Morgan fingerprint density at radius 1 is 1.27 bits per heavy atom. The van der Waals surface area contributed by atoms with Crippen LogP contribution in [0.5, 0.6) is 0 Å². The van der Waals surface area contributed by atoms with E-state index >= 15 is 0 Å². The van der Waals surface area contributed by atoms with E-state index in [-0.39, 0.29) is 6.03 Å². The van der Waals surface area contributed by atoms with Gasteiger partial charge in [-0.15, -0.1) is 0 Å². The Hall–Kier alpha value is -1.72. The first kappa shape index (κ1) is 16.6. The quantitative estimate of drug-likeness (QED) is 0.773.